The third-order valence-corrected chi connectivity index (χ3v) is 2.22. The summed E-state index contributed by atoms with van der Waals surface area (Å²) in [5.41, 5.74) is 0.486. The van der Waals surface area contributed by atoms with Crippen molar-refractivity contribution in [2.24, 2.45) is 0 Å². The summed E-state index contributed by atoms with van der Waals surface area (Å²) in [6.07, 6.45) is 0.749. The molecule has 0 saturated heterocycles. The zero-order valence-electron chi connectivity index (χ0n) is 5.87. The van der Waals surface area contributed by atoms with Crippen molar-refractivity contribution in [1.82, 2.24) is 9.59 Å². The van der Waals surface area contributed by atoms with E-state index in [1.165, 1.54) is 11.5 Å². The molecule has 0 atom stereocenters. The summed E-state index contributed by atoms with van der Waals surface area (Å²) in [5.74, 6) is 0.347. The highest BCUT2D eigenvalue weighted by molar-refractivity contribution is 7.05. The molecule has 1 rings (SSSR count). The van der Waals surface area contributed by atoms with Gasteiger partial charge in [-0.3, -0.25) is 4.79 Å². The summed E-state index contributed by atoms with van der Waals surface area (Å²) in [7, 11) is 0. The van der Waals surface area contributed by atoms with E-state index >= 15 is 0 Å². The Hall–Kier alpha value is -0.770. The fourth-order valence-corrected chi connectivity index (χ4v) is 1.30. The first-order chi connectivity index (χ1) is 4.75. The van der Waals surface area contributed by atoms with Crippen molar-refractivity contribution in [3.05, 3.63) is 10.6 Å². The minimum Gasteiger partial charge on any atom is -0.296 e. The smallest absolute Gasteiger partial charge is 0.171 e. The van der Waals surface area contributed by atoms with Gasteiger partial charge in [0.05, 0.1) is 4.88 Å². The second kappa shape index (κ2) is 2.88. The Morgan fingerprint density at radius 3 is 2.70 bits per heavy atom. The van der Waals surface area contributed by atoms with Gasteiger partial charge in [0.2, 0.25) is 0 Å². The van der Waals surface area contributed by atoms with Crippen molar-refractivity contribution in [2.75, 3.05) is 0 Å². The monoisotopic (exact) mass is 156 g/mol. The van der Waals surface area contributed by atoms with Crippen LogP contribution in [0.4, 0.5) is 0 Å². The Labute approximate surface area is 63.2 Å². The summed E-state index contributed by atoms with van der Waals surface area (Å²) in [6.45, 7) is 4.03. The quantitative estimate of drug-likeness (QED) is 0.609. The van der Waals surface area contributed by atoms with Crippen LogP contribution >= 0.6 is 11.5 Å². The minimum atomic E-state index is 0.347. The number of aldehydes is 1. The van der Waals surface area contributed by atoms with Gasteiger partial charge in [-0.05, 0) is 17.5 Å². The molecule has 3 nitrogen and oxygen atoms in total. The number of aromatic nitrogens is 2. The van der Waals surface area contributed by atoms with Gasteiger partial charge in [0.25, 0.3) is 0 Å². The first-order valence-corrected chi connectivity index (χ1v) is 3.80. The molecule has 1 aromatic rings. The van der Waals surface area contributed by atoms with Crippen molar-refractivity contribution >= 4 is 17.8 Å². The lowest BCUT2D eigenvalue weighted by Crippen LogP contribution is -1.89. The Kier molecular flexibility index (Phi) is 2.11. The molecule has 0 radical (unpaired) electrons. The van der Waals surface area contributed by atoms with Crippen molar-refractivity contribution in [3.8, 4) is 0 Å². The van der Waals surface area contributed by atoms with Crippen LogP contribution in [0, 0.1) is 0 Å². The Morgan fingerprint density at radius 2 is 2.30 bits per heavy atom. The van der Waals surface area contributed by atoms with Gasteiger partial charge in [-0.25, -0.2) is 0 Å². The lowest BCUT2D eigenvalue weighted by Gasteiger charge is -1.96. The molecule has 1 heterocycles. The van der Waals surface area contributed by atoms with Crippen LogP contribution in [-0.4, -0.2) is 15.9 Å². The van der Waals surface area contributed by atoms with E-state index in [0.717, 1.165) is 11.2 Å². The van der Waals surface area contributed by atoms with E-state index in [1.54, 1.807) is 0 Å². The third-order valence-electron chi connectivity index (χ3n) is 1.18. The molecule has 54 valence electrons. The summed E-state index contributed by atoms with van der Waals surface area (Å²) in [4.78, 5) is 11.3. The van der Waals surface area contributed by atoms with Crippen LogP contribution in [0.3, 0.4) is 0 Å². The maximum Gasteiger partial charge on any atom is 0.171 e. The fourth-order valence-electron chi connectivity index (χ4n) is 0.687. The summed E-state index contributed by atoms with van der Waals surface area (Å²) in [6, 6.07) is 0. The SMILES string of the molecule is CC(C)c1snnc1C=O. The number of rotatable bonds is 2. The molecule has 0 spiro atoms. The molecule has 0 amide bonds. The molecule has 0 saturated carbocycles. The lowest BCUT2D eigenvalue weighted by molar-refractivity contribution is 0.111. The molecule has 1 aromatic heterocycles. The van der Waals surface area contributed by atoms with E-state index in [-0.39, 0.29) is 0 Å². The van der Waals surface area contributed by atoms with E-state index in [9.17, 15) is 4.79 Å². The zero-order chi connectivity index (χ0) is 7.56. The summed E-state index contributed by atoms with van der Waals surface area (Å²) in [5, 5.41) is 3.66. The molecule has 0 aliphatic carbocycles. The second-order valence-corrected chi connectivity index (χ2v) is 3.08. The number of hydrogen-bond acceptors (Lipinski definition) is 4. The first kappa shape index (κ1) is 7.34. The summed E-state index contributed by atoms with van der Waals surface area (Å²) >= 11 is 1.29. The highest BCUT2D eigenvalue weighted by Gasteiger charge is 2.09. The van der Waals surface area contributed by atoms with Crippen LogP contribution in [0.2, 0.25) is 0 Å². The Bertz CT molecular complexity index is 231. The molecule has 0 bridgehead atoms. The van der Waals surface area contributed by atoms with Crippen molar-refractivity contribution < 1.29 is 4.79 Å². The molecule has 0 aliphatic heterocycles. The lowest BCUT2D eigenvalue weighted by atomic mass is 10.1. The van der Waals surface area contributed by atoms with Crippen LogP contribution < -0.4 is 0 Å². The van der Waals surface area contributed by atoms with E-state index in [0.29, 0.717) is 11.6 Å². The van der Waals surface area contributed by atoms with Crippen LogP contribution in [0.15, 0.2) is 0 Å². The van der Waals surface area contributed by atoms with E-state index in [2.05, 4.69) is 9.59 Å². The van der Waals surface area contributed by atoms with Gasteiger partial charge < -0.3 is 0 Å². The number of carbonyl (C=O) groups excluding carboxylic acids is 1. The van der Waals surface area contributed by atoms with Crippen molar-refractivity contribution in [3.63, 3.8) is 0 Å². The topological polar surface area (TPSA) is 42.9 Å². The van der Waals surface area contributed by atoms with Crippen LogP contribution in [0.25, 0.3) is 0 Å². The van der Waals surface area contributed by atoms with Gasteiger partial charge in [0.15, 0.2) is 6.29 Å². The Morgan fingerprint density at radius 1 is 1.60 bits per heavy atom. The molecule has 0 aliphatic rings. The van der Waals surface area contributed by atoms with Crippen LogP contribution in [0.1, 0.15) is 35.1 Å². The molecule has 0 fully saturated rings. The zero-order valence-corrected chi connectivity index (χ0v) is 6.68. The summed E-state index contributed by atoms with van der Waals surface area (Å²) < 4.78 is 3.67. The van der Waals surface area contributed by atoms with E-state index in [4.69, 9.17) is 0 Å². The average Bonchev–Trinajstić information content (AvgIpc) is 2.33. The molecular formula is C6H8N2OS. The van der Waals surface area contributed by atoms with Gasteiger partial charge in [0.1, 0.15) is 5.69 Å². The largest absolute Gasteiger partial charge is 0.296 e. The van der Waals surface area contributed by atoms with Crippen LogP contribution in [0.5, 0.6) is 0 Å². The maximum absolute atomic E-state index is 10.3. The molecule has 4 heteroatoms. The predicted molar refractivity (Wildman–Crippen MR) is 39.4 cm³/mol. The molecule has 0 N–H and O–H groups in total. The van der Waals surface area contributed by atoms with E-state index in [1.807, 2.05) is 13.8 Å². The third kappa shape index (κ3) is 1.21. The molecule has 0 aromatic carbocycles. The van der Waals surface area contributed by atoms with Gasteiger partial charge in [-0.1, -0.05) is 18.3 Å². The fraction of sp³-hybridized carbons (Fsp3) is 0.500. The average molecular weight is 156 g/mol. The van der Waals surface area contributed by atoms with Gasteiger partial charge in [-0.2, -0.15) is 0 Å². The Balaban J connectivity index is 3.01. The number of carbonyl (C=O) groups is 1. The molecule has 0 unspecified atom stereocenters. The second-order valence-electron chi connectivity index (χ2n) is 2.29. The van der Waals surface area contributed by atoms with Crippen molar-refractivity contribution in [2.45, 2.75) is 19.8 Å². The van der Waals surface area contributed by atoms with Gasteiger partial charge in [0, 0.05) is 0 Å². The van der Waals surface area contributed by atoms with Gasteiger partial charge >= 0.3 is 0 Å². The van der Waals surface area contributed by atoms with E-state index < -0.39 is 0 Å². The first-order valence-electron chi connectivity index (χ1n) is 3.03. The highest BCUT2D eigenvalue weighted by atomic mass is 32.1. The molecular weight excluding hydrogens is 148 g/mol. The van der Waals surface area contributed by atoms with Gasteiger partial charge in [-0.15, -0.1) is 5.10 Å². The van der Waals surface area contributed by atoms with Crippen molar-refractivity contribution in [1.29, 1.82) is 0 Å². The normalized spacial score (nSPS) is 10.3. The molecule has 10 heavy (non-hydrogen) atoms. The number of hydrogen-bond donors (Lipinski definition) is 0. The standard InChI is InChI=1S/C6H8N2OS/c1-4(2)6-5(3-9)7-8-10-6/h3-4H,1-2H3. The highest BCUT2D eigenvalue weighted by Crippen LogP contribution is 2.19. The minimum absolute atomic E-state index is 0.347. The predicted octanol–water partition coefficient (Wildman–Crippen LogP) is 1.47. The maximum atomic E-state index is 10.3. The number of nitrogens with zero attached hydrogens (tertiary/aromatic N) is 2. The van der Waals surface area contributed by atoms with Crippen LogP contribution in [-0.2, 0) is 0 Å².